The van der Waals surface area contributed by atoms with Gasteiger partial charge in [-0.15, -0.1) is 0 Å². The van der Waals surface area contributed by atoms with Crippen LogP contribution in [-0.2, 0) is 14.8 Å². The van der Waals surface area contributed by atoms with E-state index in [9.17, 15) is 17.6 Å². The van der Waals surface area contributed by atoms with Gasteiger partial charge in [0.1, 0.15) is 18.1 Å². The third-order valence-electron chi connectivity index (χ3n) is 4.23. The number of halogens is 3. The maximum atomic E-state index is 14.1. The quantitative estimate of drug-likeness (QED) is 0.465. The molecule has 0 fully saturated rings. The Balaban J connectivity index is 2.02. The highest BCUT2D eigenvalue weighted by Gasteiger charge is 2.30. The van der Waals surface area contributed by atoms with Gasteiger partial charge in [-0.3, -0.25) is 9.10 Å². The van der Waals surface area contributed by atoms with Gasteiger partial charge in [0.15, 0.2) is 0 Å². The molecule has 3 aromatic rings. The van der Waals surface area contributed by atoms with Gasteiger partial charge in [-0.05, 0) is 48.5 Å². The van der Waals surface area contributed by atoms with Crippen LogP contribution in [-0.4, -0.2) is 28.0 Å². The number of benzene rings is 3. The Hall–Kier alpha value is -2.62. The molecule has 10 heteroatoms. The second kappa shape index (κ2) is 9.67. The van der Waals surface area contributed by atoms with Crippen molar-refractivity contribution in [3.63, 3.8) is 0 Å². The first kappa shape index (κ1) is 23.1. The van der Waals surface area contributed by atoms with Crippen molar-refractivity contribution in [3.8, 4) is 5.75 Å². The van der Waals surface area contributed by atoms with E-state index >= 15 is 0 Å². The number of carbonyl (C=O) groups is 1. The molecule has 3 rings (SSSR count). The summed E-state index contributed by atoms with van der Waals surface area (Å²) in [7, 11) is -2.80. The van der Waals surface area contributed by atoms with Crippen LogP contribution in [0.25, 0.3) is 0 Å². The molecule has 162 valence electrons. The molecule has 0 aliphatic rings. The van der Waals surface area contributed by atoms with Crippen molar-refractivity contribution in [1.82, 2.24) is 0 Å². The van der Waals surface area contributed by atoms with Crippen LogP contribution in [0.15, 0.2) is 76.1 Å². The molecule has 0 aromatic heterocycles. The lowest BCUT2D eigenvalue weighted by molar-refractivity contribution is -0.114. The van der Waals surface area contributed by atoms with E-state index < -0.39 is 28.3 Å². The highest BCUT2D eigenvalue weighted by molar-refractivity contribution is 9.10. The zero-order valence-electron chi connectivity index (χ0n) is 16.2. The SMILES string of the molecule is COc1ccc(Cl)cc1N(CC(=O)Nc1ccc(Br)cc1F)S(=O)(=O)c1ccccc1. The van der Waals surface area contributed by atoms with Crippen LogP contribution in [0.4, 0.5) is 15.8 Å². The Morgan fingerprint density at radius 2 is 1.84 bits per heavy atom. The van der Waals surface area contributed by atoms with Crippen molar-refractivity contribution in [2.24, 2.45) is 0 Å². The summed E-state index contributed by atoms with van der Waals surface area (Å²) >= 11 is 9.23. The van der Waals surface area contributed by atoms with Gasteiger partial charge in [0.25, 0.3) is 10.0 Å². The summed E-state index contributed by atoms with van der Waals surface area (Å²) in [4.78, 5) is 12.7. The molecular formula is C21H17BrClFN2O4S. The van der Waals surface area contributed by atoms with Gasteiger partial charge >= 0.3 is 0 Å². The number of methoxy groups -OCH3 is 1. The third-order valence-corrected chi connectivity index (χ3v) is 6.74. The molecule has 0 unspecified atom stereocenters. The molecule has 0 saturated carbocycles. The molecular weight excluding hydrogens is 511 g/mol. The second-order valence-corrected chi connectivity index (χ2v) is 9.53. The van der Waals surface area contributed by atoms with Crippen molar-refractivity contribution in [2.45, 2.75) is 4.90 Å². The van der Waals surface area contributed by atoms with Gasteiger partial charge < -0.3 is 10.1 Å². The van der Waals surface area contributed by atoms with Crippen LogP contribution in [0, 0.1) is 5.82 Å². The molecule has 0 aliphatic carbocycles. The van der Waals surface area contributed by atoms with Gasteiger partial charge in [0.2, 0.25) is 5.91 Å². The molecule has 0 radical (unpaired) electrons. The fraction of sp³-hybridized carbons (Fsp3) is 0.0952. The Morgan fingerprint density at radius 3 is 2.48 bits per heavy atom. The molecule has 0 bridgehead atoms. The summed E-state index contributed by atoms with van der Waals surface area (Å²) < 4.78 is 47.5. The van der Waals surface area contributed by atoms with Crippen molar-refractivity contribution in [3.05, 3.63) is 82.0 Å². The number of rotatable bonds is 7. The lowest BCUT2D eigenvalue weighted by Crippen LogP contribution is -2.38. The average molecular weight is 528 g/mol. The summed E-state index contributed by atoms with van der Waals surface area (Å²) in [6, 6.07) is 16.2. The zero-order valence-corrected chi connectivity index (χ0v) is 19.3. The Bertz CT molecular complexity index is 1210. The third kappa shape index (κ3) is 5.36. The Kier molecular flexibility index (Phi) is 7.19. The molecule has 1 N–H and O–H groups in total. The summed E-state index contributed by atoms with van der Waals surface area (Å²) in [5, 5.41) is 2.65. The first-order chi connectivity index (χ1) is 14.7. The molecule has 0 heterocycles. The van der Waals surface area contributed by atoms with E-state index in [1.807, 2.05) is 0 Å². The minimum absolute atomic E-state index is 0.0281. The standard InChI is InChI=1S/C21H17BrClFN2O4S/c1-30-20-10-8-15(23)12-19(20)26(31(28,29)16-5-3-2-4-6-16)13-21(27)25-18-9-7-14(22)11-17(18)24/h2-12H,13H2,1H3,(H,25,27). The van der Waals surface area contributed by atoms with Gasteiger partial charge in [0, 0.05) is 9.50 Å². The highest BCUT2D eigenvalue weighted by atomic mass is 79.9. The molecule has 0 atom stereocenters. The Morgan fingerprint density at radius 1 is 1.13 bits per heavy atom. The summed E-state index contributed by atoms with van der Waals surface area (Å²) in [6.45, 7) is -0.635. The van der Waals surface area contributed by atoms with Gasteiger partial charge in [-0.2, -0.15) is 0 Å². The molecule has 6 nitrogen and oxygen atoms in total. The predicted octanol–water partition coefficient (Wildman–Crippen LogP) is 5.08. The van der Waals surface area contributed by atoms with Crippen LogP contribution >= 0.6 is 27.5 Å². The zero-order chi connectivity index (χ0) is 22.6. The van der Waals surface area contributed by atoms with E-state index in [-0.39, 0.29) is 27.0 Å². The van der Waals surface area contributed by atoms with Crippen LogP contribution in [0.5, 0.6) is 5.75 Å². The van der Waals surface area contributed by atoms with Crippen molar-refractivity contribution >= 4 is 54.8 Å². The first-order valence-electron chi connectivity index (χ1n) is 8.88. The molecule has 3 aromatic carbocycles. The average Bonchev–Trinajstić information content (AvgIpc) is 2.74. The van der Waals surface area contributed by atoms with E-state index in [1.165, 1.54) is 49.6 Å². The molecule has 31 heavy (non-hydrogen) atoms. The first-order valence-corrected chi connectivity index (χ1v) is 11.5. The number of nitrogens with one attached hydrogen (secondary N) is 1. The van der Waals surface area contributed by atoms with Gasteiger partial charge in [-0.1, -0.05) is 45.7 Å². The molecule has 0 aliphatic heterocycles. The van der Waals surface area contributed by atoms with Crippen LogP contribution in [0.3, 0.4) is 0 Å². The van der Waals surface area contributed by atoms with Crippen LogP contribution in [0.2, 0.25) is 5.02 Å². The number of sulfonamides is 1. The number of anilines is 2. The summed E-state index contributed by atoms with van der Waals surface area (Å²) in [5.41, 5.74) is -0.00593. The second-order valence-electron chi connectivity index (χ2n) is 6.31. The topological polar surface area (TPSA) is 75.7 Å². The number of hydrogen-bond donors (Lipinski definition) is 1. The smallest absolute Gasteiger partial charge is 0.264 e. The monoisotopic (exact) mass is 526 g/mol. The van der Waals surface area contributed by atoms with Crippen LogP contribution < -0.4 is 14.4 Å². The predicted molar refractivity (Wildman–Crippen MR) is 122 cm³/mol. The lowest BCUT2D eigenvalue weighted by Gasteiger charge is -2.26. The molecule has 0 spiro atoms. The van der Waals surface area contributed by atoms with E-state index in [0.29, 0.717) is 4.47 Å². The minimum Gasteiger partial charge on any atom is -0.495 e. The minimum atomic E-state index is -4.18. The number of hydrogen-bond acceptors (Lipinski definition) is 4. The number of ether oxygens (including phenoxy) is 1. The van der Waals surface area contributed by atoms with E-state index in [1.54, 1.807) is 24.3 Å². The normalized spacial score (nSPS) is 11.1. The van der Waals surface area contributed by atoms with E-state index in [0.717, 1.165) is 4.31 Å². The number of amides is 1. The molecule has 1 amide bonds. The van der Waals surface area contributed by atoms with E-state index in [4.69, 9.17) is 16.3 Å². The fourth-order valence-electron chi connectivity index (χ4n) is 2.79. The number of nitrogens with zero attached hydrogens (tertiary/aromatic N) is 1. The van der Waals surface area contributed by atoms with Crippen molar-refractivity contribution < 1.29 is 22.3 Å². The Labute approximate surface area is 192 Å². The fourth-order valence-corrected chi connectivity index (χ4v) is 4.73. The van der Waals surface area contributed by atoms with Gasteiger partial charge in [0.05, 0.1) is 23.4 Å². The van der Waals surface area contributed by atoms with Gasteiger partial charge in [-0.25, -0.2) is 12.8 Å². The number of carbonyl (C=O) groups excluding carboxylic acids is 1. The summed E-state index contributed by atoms with van der Waals surface area (Å²) in [5.74, 6) is -1.21. The maximum Gasteiger partial charge on any atom is 0.264 e. The highest BCUT2D eigenvalue weighted by Crippen LogP contribution is 2.35. The maximum absolute atomic E-state index is 14.1. The lowest BCUT2D eigenvalue weighted by atomic mass is 10.3. The van der Waals surface area contributed by atoms with Crippen LogP contribution in [0.1, 0.15) is 0 Å². The largest absolute Gasteiger partial charge is 0.495 e. The molecule has 0 saturated heterocycles. The van der Waals surface area contributed by atoms with Crippen molar-refractivity contribution in [2.75, 3.05) is 23.3 Å². The summed E-state index contributed by atoms with van der Waals surface area (Å²) in [6.07, 6.45) is 0. The van der Waals surface area contributed by atoms with E-state index in [2.05, 4.69) is 21.2 Å². The van der Waals surface area contributed by atoms with Crippen molar-refractivity contribution in [1.29, 1.82) is 0 Å².